The Labute approximate surface area is 156 Å². The lowest BCUT2D eigenvalue weighted by Crippen LogP contribution is -2.09. The SMILES string of the molecule is CCOc1ccc(-c2nc(NC(=O)c3ccc(Br)s3)sc2C)cc1. The first kappa shape index (κ1) is 17.1. The molecule has 1 N–H and O–H groups in total. The van der Waals surface area contributed by atoms with E-state index in [4.69, 9.17) is 4.74 Å². The molecule has 0 fully saturated rings. The molecule has 7 heteroatoms. The summed E-state index contributed by atoms with van der Waals surface area (Å²) in [4.78, 5) is 18.5. The van der Waals surface area contributed by atoms with Gasteiger partial charge in [0, 0.05) is 10.4 Å². The molecular formula is C17H15BrN2O2S2. The van der Waals surface area contributed by atoms with E-state index >= 15 is 0 Å². The molecule has 24 heavy (non-hydrogen) atoms. The number of carbonyl (C=O) groups excluding carboxylic acids is 1. The van der Waals surface area contributed by atoms with Gasteiger partial charge in [-0.2, -0.15) is 0 Å². The molecule has 4 nitrogen and oxygen atoms in total. The van der Waals surface area contributed by atoms with Crippen molar-refractivity contribution in [3.63, 3.8) is 0 Å². The highest BCUT2D eigenvalue weighted by atomic mass is 79.9. The van der Waals surface area contributed by atoms with Crippen molar-refractivity contribution in [1.29, 1.82) is 0 Å². The molecule has 1 aromatic carbocycles. The van der Waals surface area contributed by atoms with Gasteiger partial charge in [-0.1, -0.05) is 0 Å². The van der Waals surface area contributed by atoms with Crippen LogP contribution >= 0.6 is 38.6 Å². The van der Waals surface area contributed by atoms with E-state index in [1.165, 1.54) is 22.7 Å². The third kappa shape index (κ3) is 3.85. The van der Waals surface area contributed by atoms with Gasteiger partial charge in [-0.25, -0.2) is 4.98 Å². The number of hydrogen-bond acceptors (Lipinski definition) is 5. The zero-order valence-electron chi connectivity index (χ0n) is 13.1. The van der Waals surface area contributed by atoms with Crippen LogP contribution in [0.25, 0.3) is 11.3 Å². The highest BCUT2D eigenvalue weighted by molar-refractivity contribution is 9.11. The van der Waals surface area contributed by atoms with E-state index in [-0.39, 0.29) is 5.91 Å². The first-order chi connectivity index (χ1) is 11.6. The lowest BCUT2D eigenvalue weighted by Gasteiger charge is -2.04. The zero-order chi connectivity index (χ0) is 17.1. The lowest BCUT2D eigenvalue weighted by atomic mass is 10.1. The Hall–Kier alpha value is -1.70. The number of rotatable bonds is 5. The van der Waals surface area contributed by atoms with Crippen molar-refractivity contribution in [2.75, 3.05) is 11.9 Å². The molecule has 0 saturated carbocycles. The van der Waals surface area contributed by atoms with Gasteiger partial charge in [0.05, 0.1) is 21.0 Å². The maximum atomic E-state index is 12.2. The normalized spacial score (nSPS) is 10.6. The molecule has 2 aromatic heterocycles. The number of ether oxygens (including phenoxy) is 1. The van der Waals surface area contributed by atoms with Crippen LogP contribution in [0.15, 0.2) is 40.2 Å². The van der Waals surface area contributed by atoms with Crippen molar-refractivity contribution < 1.29 is 9.53 Å². The number of carbonyl (C=O) groups is 1. The predicted molar refractivity (Wildman–Crippen MR) is 103 cm³/mol. The summed E-state index contributed by atoms with van der Waals surface area (Å²) in [7, 11) is 0. The first-order valence-electron chi connectivity index (χ1n) is 7.34. The van der Waals surface area contributed by atoms with Crippen LogP contribution in [0.5, 0.6) is 5.75 Å². The zero-order valence-corrected chi connectivity index (χ0v) is 16.3. The molecule has 0 unspecified atom stereocenters. The molecule has 0 aliphatic heterocycles. The third-order valence-electron chi connectivity index (χ3n) is 3.25. The molecule has 0 atom stereocenters. The highest BCUT2D eigenvalue weighted by Crippen LogP contribution is 2.32. The van der Waals surface area contributed by atoms with E-state index in [1.54, 1.807) is 6.07 Å². The molecule has 2 heterocycles. The van der Waals surface area contributed by atoms with E-state index in [9.17, 15) is 4.79 Å². The van der Waals surface area contributed by atoms with E-state index in [0.29, 0.717) is 16.6 Å². The van der Waals surface area contributed by atoms with Gasteiger partial charge in [0.2, 0.25) is 0 Å². The Kier molecular flexibility index (Phi) is 5.33. The third-order valence-corrected chi connectivity index (χ3v) is 5.76. The maximum Gasteiger partial charge on any atom is 0.267 e. The number of amides is 1. The molecule has 124 valence electrons. The molecule has 0 aliphatic rings. The highest BCUT2D eigenvalue weighted by Gasteiger charge is 2.14. The molecule has 0 bridgehead atoms. The van der Waals surface area contributed by atoms with Crippen molar-refractivity contribution in [2.45, 2.75) is 13.8 Å². The number of anilines is 1. The fourth-order valence-corrected chi connectivity index (χ4v) is 4.30. The molecular weight excluding hydrogens is 408 g/mol. The van der Waals surface area contributed by atoms with Crippen LogP contribution in [0.3, 0.4) is 0 Å². The summed E-state index contributed by atoms with van der Waals surface area (Å²) in [5.41, 5.74) is 1.89. The Morgan fingerprint density at radius 1 is 1.21 bits per heavy atom. The van der Waals surface area contributed by atoms with E-state index in [2.05, 4.69) is 26.2 Å². The van der Waals surface area contributed by atoms with Crippen LogP contribution < -0.4 is 10.1 Å². The van der Waals surface area contributed by atoms with E-state index in [1.807, 2.05) is 44.2 Å². The van der Waals surface area contributed by atoms with E-state index in [0.717, 1.165) is 25.7 Å². The number of nitrogens with one attached hydrogen (secondary N) is 1. The van der Waals surface area contributed by atoms with Crippen molar-refractivity contribution in [1.82, 2.24) is 4.98 Å². The van der Waals surface area contributed by atoms with Gasteiger partial charge in [-0.3, -0.25) is 10.1 Å². The number of aryl methyl sites for hydroxylation is 1. The van der Waals surface area contributed by atoms with Crippen LogP contribution in [0.4, 0.5) is 5.13 Å². The second-order valence-corrected chi connectivity index (χ2v) is 8.61. The van der Waals surface area contributed by atoms with Gasteiger partial charge in [0.25, 0.3) is 5.91 Å². The van der Waals surface area contributed by atoms with Crippen LogP contribution in [-0.4, -0.2) is 17.5 Å². The number of halogens is 1. The number of thiophene rings is 1. The number of nitrogens with zero attached hydrogens (tertiary/aromatic N) is 1. The quantitative estimate of drug-likeness (QED) is 0.582. The molecule has 0 aliphatic carbocycles. The second kappa shape index (κ2) is 7.46. The summed E-state index contributed by atoms with van der Waals surface area (Å²) in [5, 5.41) is 3.47. The minimum atomic E-state index is -0.141. The average molecular weight is 423 g/mol. The number of hydrogen-bond donors (Lipinski definition) is 1. The fraction of sp³-hybridized carbons (Fsp3) is 0.176. The summed E-state index contributed by atoms with van der Waals surface area (Å²) in [6.45, 7) is 4.60. The maximum absolute atomic E-state index is 12.2. The monoisotopic (exact) mass is 422 g/mol. The first-order valence-corrected chi connectivity index (χ1v) is 9.76. The Morgan fingerprint density at radius 2 is 1.96 bits per heavy atom. The summed E-state index contributed by atoms with van der Waals surface area (Å²) < 4.78 is 6.39. The smallest absolute Gasteiger partial charge is 0.267 e. The summed E-state index contributed by atoms with van der Waals surface area (Å²) in [5.74, 6) is 0.698. The molecule has 0 saturated heterocycles. The van der Waals surface area contributed by atoms with Crippen molar-refractivity contribution >= 4 is 49.6 Å². The lowest BCUT2D eigenvalue weighted by molar-refractivity contribution is 0.103. The standard InChI is InChI=1S/C17H15BrN2O2S2/c1-3-22-12-6-4-11(5-7-12)15-10(2)23-17(19-15)20-16(21)13-8-9-14(18)24-13/h4-9H,3H2,1-2H3,(H,19,20,21). The van der Waals surface area contributed by atoms with Gasteiger partial charge in [-0.05, 0) is 66.2 Å². The Bertz CT molecular complexity index is 856. The minimum Gasteiger partial charge on any atom is -0.494 e. The van der Waals surface area contributed by atoms with Crippen molar-refractivity contribution in [3.05, 3.63) is 49.9 Å². The summed E-state index contributed by atoms with van der Waals surface area (Å²) in [6, 6.07) is 11.5. The van der Waals surface area contributed by atoms with Crippen LogP contribution in [-0.2, 0) is 0 Å². The largest absolute Gasteiger partial charge is 0.494 e. The fourth-order valence-electron chi connectivity index (χ4n) is 2.19. The molecule has 1 amide bonds. The van der Waals surface area contributed by atoms with Crippen molar-refractivity contribution in [2.24, 2.45) is 0 Å². The van der Waals surface area contributed by atoms with Gasteiger partial charge in [0.1, 0.15) is 5.75 Å². The average Bonchev–Trinajstić information content (AvgIpc) is 3.14. The van der Waals surface area contributed by atoms with Crippen LogP contribution in [0, 0.1) is 6.92 Å². The molecule has 0 radical (unpaired) electrons. The Morgan fingerprint density at radius 3 is 2.58 bits per heavy atom. The molecule has 3 rings (SSSR count). The molecule has 0 spiro atoms. The van der Waals surface area contributed by atoms with Gasteiger partial charge in [-0.15, -0.1) is 22.7 Å². The van der Waals surface area contributed by atoms with Crippen LogP contribution in [0.2, 0.25) is 0 Å². The number of aromatic nitrogens is 1. The van der Waals surface area contributed by atoms with Gasteiger partial charge in [0.15, 0.2) is 5.13 Å². The number of benzene rings is 1. The minimum absolute atomic E-state index is 0.141. The summed E-state index contributed by atoms with van der Waals surface area (Å²) >= 11 is 6.23. The second-order valence-electron chi connectivity index (χ2n) is 4.94. The van der Waals surface area contributed by atoms with Crippen molar-refractivity contribution in [3.8, 4) is 17.0 Å². The molecule has 3 aromatic rings. The van der Waals surface area contributed by atoms with Gasteiger partial charge >= 0.3 is 0 Å². The topological polar surface area (TPSA) is 51.2 Å². The Balaban J connectivity index is 1.78. The van der Waals surface area contributed by atoms with Crippen LogP contribution in [0.1, 0.15) is 21.5 Å². The number of thiazole rings is 1. The summed E-state index contributed by atoms with van der Waals surface area (Å²) in [6.07, 6.45) is 0. The van der Waals surface area contributed by atoms with E-state index < -0.39 is 0 Å². The predicted octanol–water partition coefficient (Wildman–Crippen LogP) is 5.59. The van der Waals surface area contributed by atoms with Gasteiger partial charge < -0.3 is 4.74 Å².